The maximum absolute atomic E-state index is 5.99. The summed E-state index contributed by atoms with van der Waals surface area (Å²) in [5, 5.41) is 4.72. The van der Waals surface area contributed by atoms with Gasteiger partial charge in [0.25, 0.3) is 0 Å². The molecule has 0 aliphatic rings. The molecule has 0 aliphatic heterocycles. The van der Waals surface area contributed by atoms with Crippen LogP contribution in [-0.2, 0) is 0 Å². The average Bonchev–Trinajstić information content (AvgIpc) is 2.18. The Bertz CT molecular complexity index is 287. The van der Waals surface area contributed by atoms with E-state index in [9.17, 15) is 0 Å². The fourth-order valence-corrected chi connectivity index (χ4v) is 1.59. The first-order valence-electron chi connectivity index (χ1n) is 4.93. The summed E-state index contributed by atoms with van der Waals surface area (Å²) in [6, 6.07) is 5.46. The van der Waals surface area contributed by atoms with Gasteiger partial charge < -0.3 is 5.32 Å². The molecule has 0 atom stereocenters. The summed E-state index contributed by atoms with van der Waals surface area (Å²) < 4.78 is 0. The smallest absolute Gasteiger partial charge is 0.0638 e. The molecule has 0 unspecified atom stereocenters. The first kappa shape index (κ1) is 11.7. The van der Waals surface area contributed by atoms with Crippen molar-refractivity contribution in [3.05, 3.63) is 28.2 Å². The van der Waals surface area contributed by atoms with Gasteiger partial charge in [0.15, 0.2) is 0 Å². The third-order valence-corrected chi connectivity index (χ3v) is 2.59. The third-order valence-electron chi connectivity index (χ3n) is 2.02. The van der Waals surface area contributed by atoms with Gasteiger partial charge >= 0.3 is 0 Å². The molecule has 0 spiro atoms. The molecule has 0 aliphatic carbocycles. The number of benzene rings is 1. The second kappa shape index (κ2) is 6.15. The molecule has 0 saturated heterocycles. The van der Waals surface area contributed by atoms with Crippen molar-refractivity contribution >= 4 is 28.9 Å². The van der Waals surface area contributed by atoms with Gasteiger partial charge in [-0.25, -0.2) is 0 Å². The predicted octanol–water partition coefficient (Wildman–Crippen LogP) is 4.60. The molecule has 3 heteroatoms. The minimum atomic E-state index is 0.715. The van der Waals surface area contributed by atoms with Crippen molar-refractivity contribution in [3.8, 4) is 0 Å². The Morgan fingerprint density at radius 2 is 2.00 bits per heavy atom. The zero-order valence-corrected chi connectivity index (χ0v) is 9.83. The van der Waals surface area contributed by atoms with E-state index in [1.165, 1.54) is 19.3 Å². The van der Waals surface area contributed by atoms with Gasteiger partial charge in [-0.15, -0.1) is 0 Å². The molecule has 0 amide bonds. The molecule has 1 nitrogen and oxygen atoms in total. The summed E-state index contributed by atoms with van der Waals surface area (Å²) in [4.78, 5) is 0. The Kier molecular flexibility index (Phi) is 5.13. The van der Waals surface area contributed by atoms with Gasteiger partial charge in [0.2, 0.25) is 0 Å². The van der Waals surface area contributed by atoms with Crippen LogP contribution in [0.5, 0.6) is 0 Å². The second-order valence-electron chi connectivity index (χ2n) is 3.26. The van der Waals surface area contributed by atoms with E-state index in [4.69, 9.17) is 23.2 Å². The molecule has 0 fully saturated rings. The van der Waals surface area contributed by atoms with Crippen molar-refractivity contribution in [1.82, 2.24) is 0 Å². The van der Waals surface area contributed by atoms with Crippen LogP contribution in [0.1, 0.15) is 26.2 Å². The molecule has 14 heavy (non-hydrogen) atoms. The molecular formula is C11H15Cl2N. The normalized spacial score (nSPS) is 10.2. The van der Waals surface area contributed by atoms with Crippen LogP contribution in [-0.4, -0.2) is 6.54 Å². The Morgan fingerprint density at radius 3 is 2.71 bits per heavy atom. The number of nitrogens with one attached hydrogen (secondary N) is 1. The summed E-state index contributed by atoms with van der Waals surface area (Å²) in [7, 11) is 0. The highest BCUT2D eigenvalue weighted by Gasteiger charge is 1.99. The molecule has 1 aromatic rings. The average molecular weight is 232 g/mol. The molecule has 1 rings (SSSR count). The first-order valence-corrected chi connectivity index (χ1v) is 5.68. The third kappa shape index (κ3) is 3.77. The van der Waals surface area contributed by atoms with Crippen LogP contribution in [0.15, 0.2) is 18.2 Å². The Balaban J connectivity index is 2.45. The maximum atomic E-state index is 5.99. The van der Waals surface area contributed by atoms with E-state index < -0.39 is 0 Å². The summed E-state index contributed by atoms with van der Waals surface area (Å²) in [5.41, 5.74) is 0.926. The SMILES string of the molecule is CCCCCNc1cc(Cl)ccc1Cl. The van der Waals surface area contributed by atoms with E-state index in [0.717, 1.165) is 17.3 Å². The molecule has 0 saturated carbocycles. The van der Waals surface area contributed by atoms with Crippen molar-refractivity contribution in [3.63, 3.8) is 0 Å². The van der Waals surface area contributed by atoms with Gasteiger partial charge in [-0.2, -0.15) is 0 Å². The van der Waals surface area contributed by atoms with Crippen LogP contribution < -0.4 is 5.32 Å². The van der Waals surface area contributed by atoms with Crippen LogP contribution in [0.3, 0.4) is 0 Å². The lowest BCUT2D eigenvalue weighted by Crippen LogP contribution is -2.01. The predicted molar refractivity (Wildman–Crippen MR) is 64.5 cm³/mol. The fourth-order valence-electron chi connectivity index (χ4n) is 1.23. The van der Waals surface area contributed by atoms with Crippen molar-refractivity contribution in [2.45, 2.75) is 26.2 Å². The summed E-state index contributed by atoms with van der Waals surface area (Å²) in [6.07, 6.45) is 3.63. The highest BCUT2D eigenvalue weighted by molar-refractivity contribution is 6.35. The summed E-state index contributed by atoms with van der Waals surface area (Å²) in [5.74, 6) is 0. The minimum absolute atomic E-state index is 0.715. The van der Waals surface area contributed by atoms with Gasteiger partial charge in [0.1, 0.15) is 0 Å². The van der Waals surface area contributed by atoms with E-state index in [-0.39, 0.29) is 0 Å². The lowest BCUT2D eigenvalue weighted by Gasteiger charge is -2.07. The number of halogens is 2. The maximum Gasteiger partial charge on any atom is 0.0638 e. The van der Waals surface area contributed by atoms with Gasteiger partial charge in [0.05, 0.1) is 10.7 Å². The van der Waals surface area contributed by atoms with E-state index in [1.54, 1.807) is 6.07 Å². The molecule has 0 aromatic heterocycles. The molecule has 1 aromatic carbocycles. The van der Waals surface area contributed by atoms with Crippen LogP contribution >= 0.6 is 23.2 Å². The van der Waals surface area contributed by atoms with Crippen molar-refractivity contribution in [1.29, 1.82) is 0 Å². The topological polar surface area (TPSA) is 12.0 Å². The lowest BCUT2D eigenvalue weighted by atomic mass is 10.2. The van der Waals surface area contributed by atoms with Gasteiger partial charge in [-0.1, -0.05) is 43.0 Å². The van der Waals surface area contributed by atoms with E-state index >= 15 is 0 Å². The van der Waals surface area contributed by atoms with E-state index in [0.29, 0.717) is 5.02 Å². The molecule has 0 radical (unpaired) electrons. The first-order chi connectivity index (χ1) is 6.74. The standard InChI is InChI=1S/C11H15Cl2N/c1-2-3-4-7-14-11-8-9(12)5-6-10(11)13/h5-6,8,14H,2-4,7H2,1H3. The number of unbranched alkanes of at least 4 members (excludes halogenated alkanes) is 2. The van der Waals surface area contributed by atoms with Crippen LogP contribution in [0, 0.1) is 0 Å². The fraction of sp³-hybridized carbons (Fsp3) is 0.455. The second-order valence-corrected chi connectivity index (χ2v) is 4.10. The molecular weight excluding hydrogens is 217 g/mol. The van der Waals surface area contributed by atoms with Crippen LogP contribution in [0.2, 0.25) is 10.0 Å². The molecule has 0 bridgehead atoms. The Hall–Kier alpha value is -0.400. The highest BCUT2D eigenvalue weighted by Crippen LogP contribution is 2.25. The molecule has 0 heterocycles. The number of hydrogen-bond donors (Lipinski definition) is 1. The zero-order valence-electron chi connectivity index (χ0n) is 8.32. The van der Waals surface area contributed by atoms with Crippen molar-refractivity contribution in [2.24, 2.45) is 0 Å². The number of hydrogen-bond acceptors (Lipinski definition) is 1. The molecule has 1 N–H and O–H groups in total. The Labute approximate surface area is 95.4 Å². The summed E-state index contributed by atoms with van der Waals surface area (Å²) >= 11 is 11.8. The largest absolute Gasteiger partial charge is 0.384 e. The summed E-state index contributed by atoms with van der Waals surface area (Å²) in [6.45, 7) is 3.14. The van der Waals surface area contributed by atoms with Crippen LogP contribution in [0.25, 0.3) is 0 Å². The number of rotatable bonds is 5. The minimum Gasteiger partial charge on any atom is -0.384 e. The quantitative estimate of drug-likeness (QED) is 0.731. The van der Waals surface area contributed by atoms with Gasteiger partial charge in [-0.3, -0.25) is 0 Å². The highest BCUT2D eigenvalue weighted by atomic mass is 35.5. The van der Waals surface area contributed by atoms with Gasteiger partial charge in [0, 0.05) is 11.6 Å². The monoisotopic (exact) mass is 231 g/mol. The lowest BCUT2D eigenvalue weighted by molar-refractivity contribution is 0.744. The van der Waals surface area contributed by atoms with Crippen molar-refractivity contribution in [2.75, 3.05) is 11.9 Å². The van der Waals surface area contributed by atoms with Gasteiger partial charge in [-0.05, 0) is 24.6 Å². The van der Waals surface area contributed by atoms with Crippen molar-refractivity contribution < 1.29 is 0 Å². The van der Waals surface area contributed by atoms with E-state index in [2.05, 4.69) is 12.2 Å². The van der Waals surface area contributed by atoms with E-state index in [1.807, 2.05) is 12.1 Å². The Morgan fingerprint density at radius 1 is 1.21 bits per heavy atom. The number of anilines is 1. The zero-order chi connectivity index (χ0) is 10.4. The van der Waals surface area contributed by atoms with Crippen LogP contribution in [0.4, 0.5) is 5.69 Å². The molecule has 78 valence electrons.